The third-order valence-corrected chi connectivity index (χ3v) is 4.25. The third kappa shape index (κ3) is 2.88. The van der Waals surface area contributed by atoms with Crippen LogP contribution in [0.15, 0.2) is 11.7 Å². The van der Waals surface area contributed by atoms with Gasteiger partial charge in [0, 0.05) is 13.8 Å². The summed E-state index contributed by atoms with van der Waals surface area (Å²) in [5.41, 5.74) is 6.28. The predicted molar refractivity (Wildman–Crippen MR) is 73.9 cm³/mol. The highest BCUT2D eigenvalue weighted by atomic mass is 28.3. The summed E-state index contributed by atoms with van der Waals surface area (Å²) in [5.74, 6) is 2.21. The lowest BCUT2D eigenvalue weighted by Crippen LogP contribution is -2.51. The van der Waals surface area contributed by atoms with Crippen molar-refractivity contribution in [2.45, 2.75) is 33.5 Å². The topological polar surface area (TPSA) is 8.81 Å². The molecule has 1 heterocycles. The second kappa shape index (κ2) is 4.62. The minimum absolute atomic E-state index is 1.08. The molecule has 1 aromatic heterocycles. The monoisotopic (exact) mass is 234 g/mol. The Balaban J connectivity index is 2.91. The van der Waals surface area contributed by atoms with E-state index in [2.05, 4.69) is 75.7 Å². The zero-order valence-corrected chi connectivity index (χ0v) is 12.6. The zero-order chi connectivity index (χ0) is 12.5. The molecule has 2 nitrogen and oxygen atoms in total. The molecule has 0 unspecified atom stereocenters. The van der Waals surface area contributed by atoms with Crippen LogP contribution >= 0.6 is 0 Å². The molecule has 0 amide bonds. The van der Waals surface area contributed by atoms with Crippen molar-refractivity contribution in [1.82, 2.24) is 4.57 Å². The maximum absolute atomic E-state index is 2.37. The average molecular weight is 234 g/mol. The highest BCUT2D eigenvalue weighted by Gasteiger charge is 2.19. The Labute approximate surface area is 101 Å². The molecule has 1 rings (SSSR count). The first-order valence-electron chi connectivity index (χ1n) is 5.78. The van der Waals surface area contributed by atoms with Crippen LogP contribution in [0, 0.1) is 13.8 Å². The second-order valence-corrected chi connectivity index (χ2v) is 10.6. The first kappa shape index (κ1) is 13.3. The molecule has 0 aliphatic heterocycles. The van der Waals surface area contributed by atoms with E-state index in [0.29, 0.717) is 0 Å². The normalized spacial score (nSPS) is 12.4. The Kier molecular flexibility index (Phi) is 3.84. The zero-order valence-electron chi connectivity index (χ0n) is 11.6. The Morgan fingerprint density at radius 1 is 1.25 bits per heavy atom. The van der Waals surface area contributed by atoms with E-state index in [1.807, 2.05) is 0 Å². The highest BCUT2D eigenvalue weighted by molar-refractivity contribution is 6.82. The van der Waals surface area contributed by atoms with Crippen LogP contribution in [-0.2, 0) is 14.1 Å². The Bertz CT molecular complexity index is 388. The van der Waals surface area contributed by atoms with Crippen LogP contribution in [0.3, 0.4) is 0 Å². The number of nitrogens with zero attached hydrogens (tertiary/aromatic N) is 2. The van der Waals surface area contributed by atoms with Gasteiger partial charge in [-0.3, -0.25) is 0 Å². The standard InChI is InChI=1S/C12H23BN2Si/c1-10-11(2)15(4)12(14(10)3)13-8-9-16(5,6)7/h8-9H,1-7H3/q+1/b9-8-. The summed E-state index contributed by atoms with van der Waals surface area (Å²) >= 11 is 0. The van der Waals surface area contributed by atoms with Gasteiger partial charge in [0.25, 0.3) is 7.28 Å². The van der Waals surface area contributed by atoms with Crippen molar-refractivity contribution in [3.63, 3.8) is 0 Å². The SMILES string of the molecule is Cc1c(C)[n+](C)c([B]/C=C\[Si](C)(C)C)n1C. The number of hydrogen-bond donors (Lipinski definition) is 0. The number of hydrogen-bond acceptors (Lipinski definition) is 0. The molecule has 87 valence electrons. The van der Waals surface area contributed by atoms with Gasteiger partial charge in [0.2, 0.25) is 0 Å². The van der Waals surface area contributed by atoms with Gasteiger partial charge in [-0.1, -0.05) is 19.6 Å². The Hall–Kier alpha value is -0.768. The fraction of sp³-hybridized carbons (Fsp3) is 0.583. The molecule has 0 saturated heterocycles. The molecule has 0 atom stereocenters. The van der Waals surface area contributed by atoms with Gasteiger partial charge in [0.05, 0.1) is 22.2 Å². The van der Waals surface area contributed by atoms with Gasteiger partial charge < -0.3 is 0 Å². The van der Waals surface area contributed by atoms with Crippen molar-refractivity contribution >= 4 is 21.1 Å². The van der Waals surface area contributed by atoms with Gasteiger partial charge in [0.1, 0.15) is 11.4 Å². The van der Waals surface area contributed by atoms with Crippen molar-refractivity contribution in [3.05, 3.63) is 23.1 Å². The fourth-order valence-electron chi connectivity index (χ4n) is 1.70. The van der Waals surface area contributed by atoms with Gasteiger partial charge in [-0.2, -0.15) is 0 Å². The van der Waals surface area contributed by atoms with Gasteiger partial charge in [-0.15, -0.1) is 11.7 Å². The second-order valence-electron chi connectivity index (χ2n) is 5.54. The molecule has 0 fully saturated rings. The van der Waals surface area contributed by atoms with Crippen LogP contribution in [-0.4, -0.2) is 19.9 Å². The van der Waals surface area contributed by atoms with E-state index in [1.54, 1.807) is 0 Å². The first-order valence-corrected chi connectivity index (χ1v) is 9.36. The molecular formula is C12H23BN2Si+. The number of imidazole rings is 1. The minimum atomic E-state index is -1.08. The molecule has 0 aliphatic carbocycles. The first-order chi connectivity index (χ1) is 7.24. The van der Waals surface area contributed by atoms with Crippen LogP contribution in [0.4, 0.5) is 0 Å². The van der Waals surface area contributed by atoms with Crippen LogP contribution in [0.2, 0.25) is 19.6 Å². The van der Waals surface area contributed by atoms with Gasteiger partial charge in [0.15, 0.2) is 5.72 Å². The Morgan fingerprint density at radius 3 is 2.19 bits per heavy atom. The van der Waals surface area contributed by atoms with Crippen molar-refractivity contribution in [1.29, 1.82) is 0 Å². The van der Waals surface area contributed by atoms with E-state index in [-0.39, 0.29) is 0 Å². The molecule has 0 spiro atoms. The maximum Gasteiger partial charge on any atom is 0.296 e. The summed E-state index contributed by atoms with van der Waals surface area (Å²) in [4.78, 5) is 0. The maximum atomic E-state index is 2.37. The van der Waals surface area contributed by atoms with Crippen LogP contribution in [0.5, 0.6) is 0 Å². The molecule has 0 N–H and O–H groups in total. The van der Waals surface area contributed by atoms with E-state index in [4.69, 9.17) is 0 Å². The number of aromatic nitrogens is 2. The van der Waals surface area contributed by atoms with Crippen LogP contribution in [0.25, 0.3) is 0 Å². The minimum Gasteiger partial charge on any atom is -0.244 e. The molecule has 0 aliphatic rings. The van der Waals surface area contributed by atoms with E-state index in [1.165, 1.54) is 17.1 Å². The molecule has 16 heavy (non-hydrogen) atoms. The lowest BCUT2D eigenvalue weighted by molar-refractivity contribution is -0.659. The van der Waals surface area contributed by atoms with E-state index >= 15 is 0 Å². The summed E-state index contributed by atoms with van der Waals surface area (Å²) in [7, 11) is 5.37. The molecule has 4 heteroatoms. The van der Waals surface area contributed by atoms with Crippen LogP contribution in [0.1, 0.15) is 11.4 Å². The molecular weight excluding hydrogens is 211 g/mol. The van der Waals surface area contributed by atoms with Gasteiger partial charge in [-0.05, 0) is 0 Å². The summed E-state index contributed by atoms with van der Waals surface area (Å²) < 4.78 is 4.48. The molecule has 0 aromatic carbocycles. The van der Waals surface area contributed by atoms with Crippen LogP contribution < -0.4 is 10.3 Å². The fourth-order valence-corrected chi connectivity index (χ4v) is 2.37. The third-order valence-electron chi connectivity index (χ3n) is 3.06. The quantitative estimate of drug-likeness (QED) is 0.548. The summed E-state index contributed by atoms with van der Waals surface area (Å²) in [5, 5.41) is 0. The lowest BCUT2D eigenvalue weighted by atomic mass is 9.78. The molecule has 0 bridgehead atoms. The summed E-state index contributed by atoms with van der Waals surface area (Å²) in [6.45, 7) is 11.4. The smallest absolute Gasteiger partial charge is 0.244 e. The van der Waals surface area contributed by atoms with Crippen molar-refractivity contribution in [3.8, 4) is 0 Å². The van der Waals surface area contributed by atoms with E-state index in [0.717, 1.165) is 0 Å². The molecule has 1 radical (unpaired) electrons. The largest absolute Gasteiger partial charge is 0.296 e. The van der Waals surface area contributed by atoms with Crippen molar-refractivity contribution in [2.24, 2.45) is 14.1 Å². The predicted octanol–water partition coefficient (Wildman–Crippen LogP) is 1.19. The van der Waals surface area contributed by atoms with Crippen molar-refractivity contribution in [2.75, 3.05) is 0 Å². The van der Waals surface area contributed by atoms with Gasteiger partial charge >= 0.3 is 0 Å². The highest BCUT2D eigenvalue weighted by Crippen LogP contribution is 2.01. The Morgan fingerprint density at radius 2 is 1.81 bits per heavy atom. The van der Waals surface area contributed by atoms with Gasteiger partial charge in [-0.25, -0.2) is 9.13 Å². The average Bonchev–Trinajstić information content (AvgIpc) is 2.33. The summed E-state index contributed by atoms with van der Waals surface area (Å²) in [6, 6.07) is 0. The lowest BCUT2D eigenvalue weighted by Gasteiger charge is -2.07. The molecule has 1 aromatic rings. The van der Waals surface area contributed by atoms with E-state index < -0.39 is 8.07 Å². The van der Waals surface area contributed by atoms with Crippen molar-refractivity contribution < 1.29 is 4.57 Å². The summed E-state index contributed by atoms with van der Waals surface area (Å²) in [6.07, 6.45) is 0. The number of rotatable bonds is 3. The molecule has 0 saturated carbocycles. The van der Waals surface area contributed by atoms with E-state index in [9.17, 15) is 0 Å².